The molecule has 2 aromatic rings. The SMILES string of the molecule is Cc1ccc(N/C=C2/C(=O)N(c3ccc(C)cc3)CS2(=O)=O)cc1. The molecule has 1 aliphatic heterocycles. The molecule has 1 aliphatic rings. The summed E-state index contributed by atoms with van der Waals surface area (Å²) < 4.78 is 24.7. The van der Waals surface area contributed by atoms with Crippen LogP contribution in [0.5, 0.6) is 0 Å². The quantitative estimate of drug-likeness (QED) is 0.871. The van der Waals surface area contributed by atoms with Crippen molar-refractivity contribution in [3.8, 4) is 0 Å². The summed E-state index contributed by atoms with van der Waals surface area (Å²) in [5.74, 6) is -0.852. The first kappa shape index (κ1) is 16.3. The highest BCUT2D eigenvalue weighted by molar-refractivity contribution is 7.97. The molecule has 2 aromatic carbocycles. The highest BCUT2D eigenvalue weighted by Crippen LogP contribution is 2.28. The minimum absolute atomic E-state index is 0.219. The maximum Gasteiger partial charge on any atom is 0.272 e. The van der Waals surface area contributed by atoms with Gasteiger partial charge in [-0.3, -0.25) is 9.69 Å². The van der Waals surface area contributed by atoms with Gasteiger partial charge in [0.05, 0.1) is 0 Å². The van der Waals surface area contributed by atoms with Crippen LogP contribution in [0.3, 0.4) is 0 Å². The summed E-state index contributed by atoms with van der Waals surface area (Å²) in [5, 5.41) is 2.89. The van der Waals surface area contributed by atoms with Gasteiger partial charge in [0.1, 0.15) is 10.8 Å². The Kier molecular flexibility index (Phi) is 4.15. The molecule has 0 saturated carbocycles. The Morgan fingerprint density at radius 1 is 0.958 bits per heavy atom. The largest absolute Gasteiger partial charge is 0.360 e. The summed E-state index contributed by atoms with van der Waals surface area (Å²) >= 11 is 0. The van der Waals surface area contributed by atoms with Crippen LogP contribution in [0.2, 0.25) is 0 Å². The van der Waals surface area contributed by atoms with Crippen LogP contribution < -0.4 is 10.2 Å². The molecule has 1 heterocycles. The first-order chi connectivity index (χ1) is 11.4. The fourth-order valence-electron chi connectivity index (χ4n) is 2.43. The molecule has 6 heteroatoms. The van der Waals surface area contributed by atoms with Crippen LogP contribution in [0, 0.1) is 13.8 Å². The number of rotatable bonds is 3. The monoisotopic (exact) mass is 342 g/mol. The topological polar surface area (TPSA) is 66.5 Å². The van der Waals surface area contributed by atoms with E-state index in [9.17, 15) is 13.2 Å². The average Bonchev–Trinajstić information content (AvgIpc) is 2.77. The summed E-state index contributed by atoms with van der Waals surface area (Å²) in [4.78, 5) is 13.6. The third-order valence-corrected chi connectivity index (χ3v) is 5.42. The first-order valence-electron chi connectivity index (χ1n) is 7.51. The van der Waals surface area contributed by atoms with E-state index in [4.69, 9.17) is 0 Å². The lowest BCUT2D eigenvalue weighted by Gasteiger charge is -2.13. The predicted octanol–water partition coefficient (Wildman–Crippen LogP) is 2.98. The highest BCUT2D eigenvalue weighted by Gasteiger charge is 2.40. The lowest BCUT2D eigenvalue weighted by molar-refractivity contribution is -0.114. The minimum atomic E-state index is -3.65. The molecule has 1 amide bonds. The smallest absolute Gasteiger partial charge is 0.272 e. The molecule has 124 valence electrons. The van der Waals surface area contributed by atoms with Gasteiger partial charge < -0.3 is 5.32 Å². The Bertz CT molecular complexity index is 898. The second kappa shape index (κ2) is 6.13. The van der Waals surface area contributed by atoms with Crippen LogP contribution >= 0.6 is 0 Å². The Morgan fingerprint density at radius 3 is 2.08 bits per heavy atom. The second-order valence-electron chi connectivity index (χ2n) is 5.83. The third kappa shape index (κ3) is 3.19. The number of carbonyl (C=O) groups is 1. The van der Waals surface area contributed by atoms with Gasteiger partial charge in [-0.25, -0.2) is 8.42 Å². The zero-order valence-electron chi connectivity index (χ0n) is 13.5. The van der Waals surface area contributed by atoms with Crippen LogP contribution in [-0.2, 0) is 14.6 Å². The van der Waals surface area contributed by atoms with Crippen LogP contribution in [0.15, 0.2) is 59.6 Å². The normalized spacial score (nSPS) is 18.2. The van der Waals surface area contributed by atoms with Gasteiger partial charge >= 0.3 is 0 Å². The fourth-order valence-corrected chi connectivity index (χ4v) is 3.79. The van der Waals surface area contributed by atoms with Crippen molar-refractivity contribution in [1.29, 1.82) is 0 Å². The molecular formula is C18H18N2O3S. The van der Waals surface area contributed by atoms with Crippen LogP contribution in [0.25, 0.3) is 0 Å². The molecular weight excluding hydrogens is 324 g/mol. The molecule has 1 N–H and O–H groups in total. The number of anilines is 2. The number of benzene rings is 2. The fraction of sp³-hybridized carbons (Fsp3) is 0.167. The third-order valence-electron chi connectivity index (χ3n) is 3.86. The summed E-state index contributed by atoms with van der Waals surface area (Å²) in [6.07, 6.45) is 1.27. The lowest BCUT2D eigenvalue weighted by atomic mass is 10.2. The number of carbonyl (C=O) groups excluding carboxylic acids is 1. The van der Waals surface area contributed by atoms with E-state index in [0.717, 1.165) is 16.8 Å². The van der Waals surface area contributed by atoms with Gasteiger partial charge in [0.15, 0.2) is 0 Å². The molecule has 0 aliphatic carbocycles. The zero-order chi connectivity index (χ0) is 17.3. The number of hydrogen-bond donors (Lipinski definition) is 1. The maximum absolute atomic E-state index is 12.5. The molecule has 5 nitrogen and oxygen atoms in total. The van der Waals surface area contributed by atoms with Crippen molar-refractivity contribution in [2.75, 3.05) is 16.1 Å². The lowest BCUT2D eigenvalue weighted by Crippen LogP contribution is -2.24. The van der Waals surface area contributed by atoms with Crippen molar-refractivity contribution in [2.45, 2.75) is 13.8 Å². The first-order valence-corrected chi connectivity index (χ1v) is 9.17. The van der Waals surface area contributed by atoms with Crippen molar-refractivity contribution in [3.05, 3.63) is 70.8 Å². The van der Waals surface area contributed by atoms with Crippen molar-refractivity contribution in [2.24, 2.45) is 0 Å². The van der Waals surface area contributed by atoms with Crippen molar-refractivity contribution in [3.63, 3.8) is 0 Å². The standard InChI is InChI=1S/C18H18N2O3S/c1-13-3-7-15(8-4-13)19-11-17-18(21)20(12-24(17,22)23)16-9-5-14(2)6-10-16/h3-11,19H,12H2,1-2H3/b17-11-. The predicted molar refractivity (Wildman–Crippen MR) is 95.3 cm³/mol. The van der Waals surface area contributed by atoms with E-state index >= 15 is 0 Å². The summed E-state index contributed by atoms with van der Waals surface area (Å²) in [6.45, 7) is 3.90. The van der Waals surface area contributed by atoms with E-state index < -0.39 is 15.7 Å². The highest BCUT2D eigenvalue weighted by atomic mass is 32.2. The number of amides is 1. The van der Waals surface area contributed by atoms with Crippen molar-refractivity contribution in [1.82, 2.24) is 0 Å². The Labute approximate surface area is 141 Å². The van der Waals surface area contributed by atoms with Crippen molar-refractivity contribution < 1.29 is 13.2 Å². The van der Waals surface area contributed by atoms with E-state index in [0.29, 0.717) is 5.69 Å². The number of aryl methyl sites for hydroxylation is 2. The summed E-state index contributed by atoms with van der Waals surface area (Å²) in [7, 11) is -3.65. The molecule has 24 heavy (non-hydrogen) atoms. The molecule has 0 spiro atoms. The Hall–Kier alpha value is -2.60. The zero-order valence-corrected chi connectivity index (χ0v) is 14.3. The van der Waals surface area contributed by atoms with Gasteiger partial charge in [0.25, 0.3) is 5.91 Å². The molecule has 0 radical (unpaired) electrons. The van der Waals surface area contributed by atoms with Crippen molar-refractivity contribution >= 4 is 27.1 Å². The molecule has 0 bridgehead atoms. The van der Waals surface area contributed by atoms with Gasteiger partial charge in [-0.15, -0.1) is 0 Å². The van der Waals surface area contributed by atoms with Gasteiger partial charge in [-0.05, 0) is 38.1 Å². The molecule has 3 rings (SSSR count). The molecule has 0 atom stereocenters. The van der Waals surface area contributed by atoms with Gasteiger partial charge in [-0.2, -0.15) is 0 Å². The molecule has 1 fully saturated rings. The molecule has 0 unspecified atom stereocenters. The maximum atomic E-state index is 12.5. The molecule has 0 aromatic heterocycles. The van der Waals surface area contributed by atoms with Gasteiger partial charge in [0, 0.05) is 17.6 Å². The number of nitrogens with zero attached hydrogens (tertiary/aromatic N) is 1. The van der Waals surface area contributed by atoms with E-state index in [2.05, 4.69) is 5.32 Å². The second-order valence-corrected chi connectivity index (χ2v) is 7.76. The van der Waals surface area contributed by atoms with E-state index in [1.807, 2.05) is 50.2 Å². The van der Waals surface area contributed by atoms with Crippen LogP contribution in [0.4, 0.5) is 11.4 Å². The summed E-state index contributed by atoms with van der Waals surface area (Å²) in [5.41, 5.74) is 3.45. The van der Waals surface area contributed by atoms with E-state index in [1.165, 1.54) is 11.1 Å². The van der Waals surface area contributed by atoms with Crippen LogP contribution in [0.1, 0.15) is 11.1 Å². The summed E-state index contributed by atoms with van der Waals surface area (Å²) in [6, 6.07) is 14.7. The number of sulfone groups is 1. The van der Waals surface area contributed by atoms with E-state index in [1.54, 1.807) is 12.1 Å². The Morgan fingerprint density at radius 2 is 1.50 bits per heavy atom. The van der Waals surface area contributed by atoms with Gasteiger partial charge in [-0.1, -0.05) is 35.4 Å². The Balaban J connectivity index is 1.87. The number of hydrogen-bond acceptors (Lipinski definition) is 4. The number of nitrogens with one attached hydrogen (secondary N) is 1. The van der Waals surface area contributed by atoms with Gasteiger partial charge in [0.2, 0.25) is 9.84 Å². The van der Waals surface area contributed by atoms with E-state index in [-0.39, 0.29) is 10.8 Å². The minimum Gasteiger partial charge on any atom is -0.360 e. The average molecular weight is 342 g/mol. The van der Waals surface area contributed by atoms with Crippen LogP contribution in [-0.4, -0.2) is 20.2 Å². The molecule has 1 saturated heterocycles.